The first kappa shape index (κ1) is 29.1. The molecule has 4 nitrogen and oxygen atoms in total. The first-order valence-corrected chi connectivity index (χ1v) is 11.1. The molecule has 0 aromatic carbocycles. The summed E-state index contributed by atoms with van der Waals surface area (Å²) in [5, 5.41) is 11.3. The summed E-state index contributed by atoms with van der Waals surface area (Å²) in [6.07, 6.45) is 21.5. The molecular formula is C22H43NNaO3. The van der Waals surface area contributed by atoms with Gasteiger partial charge in [0.05, 0.1) is 6.42 Å². The van der Waals surface area contributed by atoms with Crippen LogP contribution in [-0.2, 0) is 9.59 Å². The minimum Gasteiger partial charge on any atom is -0.481 e. The van der Waals surface area contributed by atoms with E-state index in [1.54, 1.807) is 0 Å². The number of hydrogen-bond acceptors (Lipinski definition) is 2. The van der Waals surface area contributed by atoms with Crippen molar-refractivity contribution >= 4 is 41.4 Å². The number of carbonyl (C=O) groups excluding carboxylic acids is 1. The maximum absolute atomic E-state index is 11.3. The Morgan fingerprint density at radius 1 is 0.630 bits per heavy atom. The average Bonchev–Trinajstić information content (AvgIpc) is 2.62. The predicted octanol–water partition coefficient (Wildman–Crippen LogP) is 5.85. The quantitative estimate of drug-likeness (QED) is 0.202. The van der Waals surface area contributed by atoms with Crippen LogP contribution in [-0.4, -0.2) is 53.1 Å². The van der Waals surface area contributed by atoms with Gasteiger partial charge in [-0.15, -0.1) is 0 Å². The summed E-state index contributed by atoms with van der Waals surface area (Å²) in [7, 11) is 0. The topological polar surface area (TPSA) is 66.4 Å². The maximum Gasteiger partial charge on any atom is 0.303 e. The van der Waals surface area contributed by atoms with Crippen molar-refractivity contribution in [3.8, 4) is 0 Å². The molecule has 155 valence electrons. The summed E-state index contributed by atoms with van der Waals surface area (Å²) in [6.45, 7) is 2.95. The van der Waals surface area contributed by atoms with Crippen LogP contribution in [0, 0.1) is 0 Å². The van der Waals surface area contributed by atoms with E-state index in [2.05, 4.69) is 12.2 Å². The smallest absolute Gasteiger partial charge is 0.303 e. The third kappa shape index (κ3) is 25.9. The molecule has 0 heterocycles. The first-order chi connectivity index (χ1) is 12.7. The van der Waals surface area contributed by atoms with Gasteiger partial charge in [-0.05, 0) is 6.42 Å². The number of aliphatic carboxylic acids is 1. The Balaban J connectivity index is 0. The second kappa shape index (κ2) is 24.0. The third-order valence-electron chi connectivity index (χ3n) is 4.92. The molecular weight excluding hydrogens is 349 g/mol. The number of carboxylic acids is 1. The van der Waals surface area contributed by atoms with E-state index in [0.717, 1.165) is 12.8 Å². The van der Waals surface area contributed by atoms with Gasteiger partial charge in [-0.2, -0.15) is 0 Å². The Kier molecular flexibility index (Phi) is 25.9. The van der Waals surface area contributed by atoms with Crippen LogP contribution in [0.3, 0.4) is 0 Å². The van der Waals surface area contributed by atoms with Crippen molar-refractivity contribution in [1.82, 2.24) is 5.32 Å². The van der Waals surface area contributed by atoms with Gasteiger partial charge in [0.15, 0.2) is 0 Å². The van der Waals surface area contributed by atoms with E-state index in [-0.39, 0.29) is 48.3 Å². The number of carboxylic acid groups (broad SMARTS) is 1. The zero-order valence-electron chi connectivity index (χ0n) is 18.2. The number of unbranched alkanes of at least 4 members (excludes halogenated alkanes) is 15. The summed E-state index contributed by atoms with van der Waals surface area (Å²) in [5.74, 6) is -1.06. The van der Waals surface area contributed by atoms with E-state index in [9.17, 15) is 9.59 Å². The van der Waals surface area contributed by atoms with Crippen LogP contribution in [0.15, 0.2) is 0 Å². The molecule has 0 fully saturated rings. The molecule has 0 aliphatic heterocycles. The summed E-state index contributed by atoms with van der Waals surface area (Å²) >= 11 is 0. The van der Waals surface area contributed by atoms with Gasteiger partial charge >= 0.3 is 5.97 Å². The van der Waals surface area contributed by atoms with Crippen LogP contribution in [0.5, 0.6) is 0 Å². The fourth-order valence-electron chi connectivity index (χ4n) is 3.21. The van der Waals surface area contributed by atoms with Crippen LogP contribution in [0.4, 0.5) is 0 Å². The molecule has 0 aromatic rings. The molecule has 0 saturated heterocycles. The van der Waals surface area contributed by atoms with Gasteiger partial charge in [0, 0.05) is 42.5 Å². The number of nitrogens with one attached hydrogen (secondary N) is 1. The van der Waals surface area contributed by atoms with Gasteiger partial charge in [0.25, 0.3) is 0 Å². The van der Waals surface area contributed by atoms with Crippen LogP contribution in [0.25, 0.3) is 0 Å². The van der Waals surface area contributed by atoms with Gasteiger partial charge in [-0.3, -0.25) is 9.59 Å². The van der Waals surface area contributed by atoms with Crippen LogP contribution >= 0.6 is 0 Å². The fraction of sp³-hybridized carbons (Fsp3) is 0.909. The normalized spacial score (nSPS) is 10.4. The van der Waals surface area contributed by atoms with Crippen molar-refractivity contribution < 1.29 is 14.7 Å². The van der Waals surface area contributed by atoms with E-state index in [1.807, 2.05) is 0 Å². The SMILES string of the molecule is CCCCCCCCCCCCCCCCCCNC(=O)CCC(=O)O.[Na]. The number of rotatable bonds is 20. The first-order valence-electron chi connectivity index (χ1n) is 11.1. The Morgan fingerprint density at radius 2 is 1.00 bits per heavy atom. The standard InChI is InChI=1S/C22H43NO3.Na/c1-2-3-4-5-6-7-8-9-10-11-12-13-14-15-16-17-20-23-21(24)18-19-22(25)26;/h2-20H2,1H3,(H,23,24)(H,25,26);. The molecule has 1 radical (unpaired) electrons. The molecule has 5 heteroatoms. The van der Waals surface area contributed by atoms with E-state index in [1.165, 1.54) is 89.9 Å². The molecule has 27 heavy (non-hydrogen) atoms. The second-order valence-electron chi connectivity index (χ2n) is 7.55. The number of amides is 1. The van der Waals surface area contributed by atoms with E-state index >= 15 is 0 Å². The van der Waals surface area contributed by atoms with Crippen LogP contribution < -0.4 is 5.32 Å². The van der Waals surface area contributed by atoms with Crippen molar-refractivity contribution in [2.45, 2.75) is 122 Å². The van der Waals surface area contributed by atoms with Crippen LogP contribution in [0.1, 0.15) is 122 Å². The summed E-state index contributed by atoms with van der Waals surface area (Å²) in [6, 6.07) is 0. The summed E-state index contributed by atoms with van der Waals surface area (Å²) in [5.41, 5.74) is 0. The minimum absolute atomic E-state index is 0. The molecule has 0 bridgehead atoms. The number of carbonyl (C=O) groups is 2. The van der Waals surface area contributed by atoms with Gasteiger partial charge in [-0.1, -0.05) is 103 Å². The zero-order valence-corrected chi connectivity index (χ0v) is 20.2. The molecule has 1 amide bonds. The van der Waals surface area contributed by atoms with Gasteiger partial charge in [0.1, 0.15) is 0 Å². The Morgan fingerprint density at radius 3 is 1.37 bits per heavy atom. The predicted molar refractivity (Wildman–Crippen MR) is 115 cm³/mol. The monoisotopic (exact) mass is 392 g/mol. The minimum atomic E-state index is -0.914. The van der Waals surface area contributed by atoms with Crippen molar-refractivity contribution in [3.63, 3.8) is 0 Å². The number of hydrogen-bond donors (Lipinski definition) is 2. The largest absolute Gasteiger partial charge is 0.481 e. The van der Waals surface area contributed by atoms with E-state index in [0.29, 0.717) is 6.54 Å². The van der Waals surface area contributed by atoms with Gasteiger partial charge in [-0.25, -0.2) is 0 Å². The van der Waals surface area contributed by atoms with E-state index in [4.69, 9.17) is 5.11 Å². The maximum atomic E-state index is 11.3. The average molecular weight is 393 g/mol. The van der Waals surface area contributed by atoms with Crippen molar-refractivity contribution in [3.05, 3.63) is 0 Å². The van der Waals surface area contributed by atoms with E-state index < -0.39 is 5.97 Å². The van der Waals surface area contributed by atoms with Crippen molar-refractivity contribution in [1.29, 1.82) is 0 Å². The summed E-state index contributed by atoms with van der Waals surface area (Å²) < 4.78 is 0. The van der Waals surface area contributed by atoms with Crippen molar-refractivity contribution in [2.75, 3.05) is 6.54 Å². The Hall–Kier alpha value is -0.0600. The third-order valence-corrected chi connectivity index (χ3v) is 4.92. The molecule has 0 aromatic heterocycles. The Bertz CT molecular complexity index is 338. The second-order valence-corrected chi connectivity index (χ2v) is 7.55. The fourth-order valence-corrected chi connectivity index (χ4v) is 3.21. The molecule has 0 unspecified atom stereocenters. The zero-order chi connectivity index (χ0) is 19.3. The molecule has 0 aliphatic rings. The van der Waals surface area contributed by atoms with Crippen molar-refractivity contribution in [2.24, 2.45) is 0 Å². The molecule has 0 saturated carbocycles. The molecule has 0 atom stereocenters. The Labute approximate surface area is 189 Å². The molecule has 0 rings (SSSR count). The molecule has 2 N–H and O–H groups in total. The van der Waals surface area contributed by atoms with Gasteiger partial charge < -0.3 is 10.4 Å². The summed E-state index contributed by atoms with van der Waals surface area (Å²) in [4.78, 5) is 21.7. The molecule has 0 spiro atoms. The van der Waals surface area contributed by atoms with Crippen LogP contribution in [0.2, 0.25) is 0 Å². The van der Waals surface area contributed by atoms with Gasteiger partial charge in [0.2, 0.25) is 5.91 Å². The molecule has 0 aliphatic carbocycles.